The fraction of sp³-hybridized carbons (Fsp3) is 0.450. The lowest BCUT2D eigenvalue weighted by Crippen LogP contribution is -2.37. The first-order valence-corrected chi connectivity index (χ1v) is 8.85. The van der Waals surface area contributed by atoms with E-state index in [1.807, 2.05) is 43.0 Å². The number of amides is 1. The summed E-state index contributed by atoms with van der Waals surface area (Å²) in [5.41, 5.74) is 2.75. The molecule has 1 N–H and O–H groups in total. The van der Waals surface area contributed by atoms with E-state index in [0.29, 0.717) is 25.4 Å². The van der Waals surface area contributed by atoms with Crippen molar-refractivity contribution in [3.05, 3.63) is 41.1 Å². The van der Waals surface area contributed by atoms with Crippen LogP contribution >= 0.6 is 0 Å². The van der Waals surface area contributed by atoms with Crippen LogP contribution in [0, 0.1) is 31.1 Å². The Labute approximate surface area is 154 Å². The van der Waals surface area contributed by atoms with Crippen molar-refractivity contribution in [3.63, 3.8) is 0 Å². The van der Waals surface area contributed by atoms with Gasteiger partial charge in [0, 0.05) is 25.0 Å². The predicted octanol–water partition coefficient (Wildman–Crippen LogP) is 2.92. The molecule has 1 fully saturated rings. The summed E-state index contributed by atoms with van der Waals surface area (Å²) in [6, 6.07) is 7.67. The van der Waals surface area contributed by atoms with Gasteiger partial charge in [-0.1, -0.05) is 17.7 Å². The van der Waals surface area contributed by atoms with E-state index in [9.17, 15) is 14.9 Å². The number of nitriles is 1. The van der Waals surface area contributed by atoms with E-state index in [1.54, 1.807) is 13.1 Å². The Balaban J connectivity index is 2.07. The molecule has 1 aromatic rings. The van der Waals surface area contributed by atoms with Crippen LogP contribution in [0.15, 0.2) is 30.0 Å². The third kappa shape index (κ3) is 5.09. The van der Waals surface area contributed by atoms with E-state index in [1.165, 1.54) is 0 Å². The number of carbonyl (C=O) groups is 2. The quantitative estimate of drug-likeness (QED) is 0.499. The van der Waals surface area contributed by atoms with Gasteiger partial charge >= 0.3 is 5.97 Å². The summed E-state index contributed by atoms with van der Waals surface area (Å²) in [6.07, 6.45) is 3.13. The van der Waals surface area contributed by atoms with E-state index in [0.717, 1.165) is 24.0 Å². The zero-order valence-corrected chi connectivity index (χ0v) is 15.5. The van der Waals surface area contributed by atoms with E-state index in [-0.39, 0.29) is 17.5 Å². The van der Waals surface area contributed by atoms with Gasteiger partial charge in [-0.15, -0.1) is 0 Å². The highest BCUT2D eigenvalue weighted by atomic mass is 16.5. The number of ether oxygens (including phenoxy) is 1. The second-order valence-electron chi connectivity index (χ2n) is 6.51. The average Bonchev–Trinajstić information content (AvgIpc) is 2.62. The largest absolute Gasteiger partial charge is 0.466 e. The van der Waals surface area contributed by atoms with E-state index in [2.05, 4.69) is 5.32 Å². The molecule has 2 rings (SSSR count). The van der Waals surface area contributed by atoms with Crippen molar-refractivity contribution in [1.29, 1.82) is 5.26 Å². The van der Waals surface area contributed by atoms with Crippen molar-refractivity contribution in [2.75, 3.05) is 25.0 Å². The molecule has 0 bridgehead atoms. The normalized spacial score (nSPS) is 17.4. The number of likely N-dealkylation sites (tertiary alicyclic amines) is 1. The molecule has 1 aliphatic rings. The lowest BCUT2D eigenvalue weighted by atomic mass is 9.98. The number of nitrogens with one attached hydrogen (secondary N) is 1. The van der Waals surface area contributed by atoms with Crippen LogP contribution in [0.1, 0.15) is 30.9 Å². The minimum atomic E-state index is -0.447. The topological polar surface area (TPSA) is 82.4 Å². The Kier molecular flexibility index (Phi) is 6.79. The first-order valence-electron chi connectivity index (χ1n) is 8.85. The van der Waals surface area contributed by atoms with Gasteiger partial charge in [0.2, 0.25) is 0 Å². The third-order valence-electron chi connectivity index (χ3n) is 4.38. The van der Waals surface area contributed by atoms with Crippen LogP contribution in [0.4, 0.5) is 5.69 Å². The van der Waals surface area contributed by atoms with Crippen LogP contribution in [0.5, 0.6) is 0 Å². The van der Waals surface area contributed by atoms with Crippen molar-refractivity contribution in [1.82, 2.24) is 4.90 Å². The molecule has 26 heavy (non-hydrogen) atoms. The lowest BCUT2D eigenvalue weighted by Gasteiger charge is -2.30. The van der Waals surface area contributed by atoms with Crippen LogP contribution in [-0.4, -0.2) is 36.5 Å². The van der Waals surface area contributed by atoms with Crippen molar-refractivity contribution in [2.45, 2.75) is 33.6 Å². The zero-order chi connectivity index (χ0) is 19.1. The number of esters is 1. The molecule has 1 amide bonds. The van der Waals surface area contributed by atoms with Crippen molar-refractivity contribution >= 4 is 17.6 Å². The Morgan fingerprint density at radius 3 is 2.85 bits per heavy atom. The number of benzene rings is 1. The van der Waals surface area contributed by atoms with Crippen molar-refractivity contribution < 1.29 is 14.3 Å². The van der Waals surface area contributed by atoms with E-state index in [4.69, 9.17) is 4.74 Å². The summed E-state index contributed by atoms with van der Waals surface area (Å²) in [7, 11) is 0. The molecule has 1 unspecified atom stereocenters. The molecule has 1 aromatic carbocycles. The van der Waals surface area contributed by atoms with Gasteiger partial charge in [0.1, 0.15) is 11.6 Å². The highest BCUT2D eigenvalue weighted by molar-refractivity contribution is 6.06. The maximum atomic E-state index is 12.5. The summed E-state index contributed by atoms with van der Waals surface area (Å²) >= 11 is 0. The van der Waals surface area contributed by atoms with Crippen LogP contribution in [-0.2, 0) is 14.3 Å². The molecule has 1 aliphatic heterocycles. The Morgan fingerprint density at radius 2 is 2.19 bits per heavy atom. The number of carbonyl (C=O) groups excluding carboxylic acids is 2. The van der Waals surface area contributed by atoms with E-state index >= 15 is 0 Å². The summed E-state index contributed by atoms with van der Waals surface area (Å²) < 4.78 is 5.08. The van der Waals surface area contributed by atoms with Crippen molar-refractivity contribution in [2.24, 2.45) is 5.92 Å². The van der Waals surface area contributed by atoms with Gasteiger partial charge < -0.3 is 15.0 Å². The minimum absolute atomic E-state index is 0.0227. The third-order valence-corrected chi connectivity index (χ3v) is 4.38. The molecule has 1 heterocycles. The van der Waals surface area contributed by atoms with Crippen LogP contribution in [0.25, 0.3) is 0 Å². The van der Waals surface area contributed by atoms with Gasteiger partial charge in [0.15, 0.2) is 0 Å². The Bertz CT molecular complexity index is 749. The predicted molar refractivity (Wildman–Crippen MR) is 99.2 cm³/mol. The van der Waals surface area contributed by atoms with Crippen LogP contribution in [0.2, 0.25) is 0 Å². The number of aryl methyl sites for hydroxylation is 2. The second-order valence-corrected chi connectivity index (χ2v) is 6.51. The van der Waals surface area contributed by atoms with Gasteiger partial charge in [0.05, 0.1) is 12.5 Å². The highest BCUT2D eigenvalue weighted by Crippen LogP contribution is 2.20. The molecule has 0 aromatic heterocycles. The van der Waals surface area contributed by atoms with Crippen molar-refractivity contribution in [3.8, 4) is 6.07 Å². The highest BCUT2D eigenvalue weighted by Gasteiger charge is 2.26. The van der Waals surface area contributed by atoms with E-state index < -0.39 is 5.91 Å². The first-order chi connectivity index (χ1) is 12.4. The Morgan fingerprint density at radius 1 is 1.42 bits per heavy atom. The minimum Gasteiger partial charge on any atom is -0.466 e. The summed E-state index contributed by atoms with van der Waals surface area (Å²) in [4.78, 5) is 26.2. The van der Waals surface area contributed by atoms with Crippen LogP contribution < -0.4 is 5.32 Å². The number of hydrogen-bond acceptors (Lipinski definition) is 5. The summed E-state index contributed by atoms with van der Waals surface area (Å²) in [5, 5.41) is 12.2. The molecule has 1 saturated heterocycles. The SMILES string of the molecule is CCOC(=O)C1CCCN(/C=C(/C#N)C(=O)Nc2ccc(C)cc2C)C1. The number of nitrogens with zero attached hydrogens (tertiary/aromatic N) is 2. The number of rotatable bonds is 5. The molecule has 0 spiro atoms. The molecule has 6 heteroatoms. The summed E-state index contributed by atoms with van der Waals surface area (Å²) in [6.45, 7) is 7.19. The molecule has 0 radical (unpaired) electrons. The fourth-order valence-corrected chi connectivity index (χ4v) is 3.04. The molecular weight excluding hydrogens is 330 g/mol. The molecule has 138 valence electrons. The van der Waals surface area contributed by atoms with Crippen LogP contribution in [0.3, 0.4) is 0 Å². The summed E-state index contributed by atoms with van der Waals surface area (Å²) in [5.74, 6) is -0.885. The lowest BCUT2D eigenvalue weighted by molar-refractivity contribution is -0.149. The maximum absolute atomic E-state index is 12.5. The van der Waals surface area contributed by atoms with Gasteiger partial charge in [-0.05, 0) is 45.2 Å². The molecule has 0 aliphatic carbocycles. The smallest absolute Gasteiger partial charge is 0.310 e. The fourth-order valence-electron chi connectivity index (χ4n) is 3.04. The van der Waals surface area contributed by atoms with Gasteiger partial charge in [-0.25, -0.2) is 0 Å². The average molecular weight is 355 g/mol. The number of hydrogen-bond donors (Lipinski definition) is 1. The monoisotopic (exact) mass is 355 g/mol. The van der Waals surface area contributed by atoms with Gasteiger partial charge in [0.25, 0.3) is 5.91 Å². The molecular formula is C20H25N3O3. The second kappa shape index (κ2) is 9.04. The van der Waals surface area contributed by atoms with Gasteiger partial charge in [-0.3, -0.25) is 9.59 Å². The van der Waals surface area contributed by atoms with Gasteiger partial charge in [-0.2, -0.15) is 5.26 Å². The molecule has 1 atom stereocenters. The molecule has 6 nitrogen and oxygen atoms in total. The zero-order valence-electron chi connectivity index (χ0n) is 15.5. The Hall–Kier alpha value is -2.81. The number of anilines is 1. The molecule has 0 saturated carbocycles. The number of piperidine rings is 1. The maximum Gasteiger partial charge on any atom is 0.310 e. The standard InChI is InChI=1S/C20H25N3O3/c1-4-26-20(25)16-6-5-9-23(12-16)13-17(11-21)19(24)22-18-8-7-14(2)10-15(18)3/h7-8,10,13,16H,4-6,9,12H2,1-3H3,(H,22,24)/b17-13-. The first kappa shape index (κ1) is 19.5.